The molecule has 0 bridgehead atoms. The van der Waals surface area contributed by atoms with Gasteiger partial charge in [-0.15, -0.1) is 0 Å². The zero-order valence-electron chi connectivity index (χ0n) is 11.4. The van der Waals surface area contributed by atoms with Crippen molar-refractivity contribution >= 4 is 21.6 Å². The Morgan fingerprint density at radius 1 is 1.26 bits per heavy atom. The Hall–Kier alpha value is -0.680. The molecule has 0 spiro atoms. The molecule has 1 N–H and O–H groups in total. The lowest BCUT2D eigenvalue weighted by molar-refractivity contribution is 0.281. The smallest absolute Gasteiger partial charge is 0.147 e. The van der Waals surface area contributed by atoms with Gasteiger partial charge < -0.3 is 10.2 Å². The van der Waals surface area contributed by atoms with Gasteiger partial charge in [0.25, 0.3) is 0 Å². The number of rotatable bonds is 2. The molecule has 2 rings (SSSR count). The van der Waals surface area contributed by atoms with Gasteiger partial charge in [-0.3, -0.25) is 0 Å². The third-order valence-electron chi connectivity index (χ3n) is 4.24. The average molecular weight is 333 g/mol. The molecule has 1 aromatic rings. The average Bonchev–Trinajstić information content (AvgIpc) is 2.37. The van der Waals surface area contributed by atoms with Crippen molar-refractivity contribution in [3.63, 3.8) is 0 Å². The van der Waals surface area contributed by atoms with Gasteiger partial charge in [0.15, 0.2) is 0 Å². The Bertz CT molecular complexity index is 467. The second kappa shape index (κ2) is 5.75. The fraction of sp³-hybridized carbons (Fsp3) is 0.571. The summed E-state index contributed by atoms with van der Waals surface area (Å²) in [7, 11) is 1.95. The fourth-order valence-corrected chi connectivity index (χ4v) is 3.16. The molecule has 106 valence electrons. The molecule has 1 aliphatic rings. The Morgan fingerprint density at radius 2 is 1.95 bits per heavy atom. The van der Waals surface area contributed by atoms with Gasteiger partial charge in [-0.2, -0.15) is 0 Å². The number of benzene rings is 1. The first-order chi connectivity index (χ1) is 8.95. The van der Waals surface area contributed by atoms with Crippen molar-refractivity contribution in [2.75, 3.05) is 18.5 Å². The molecule has 19 heavy (non-hydrogen) atoms. The molecule has 1 aromatic carbocycles. The molecule has 1 aliphatic heterocycles. The Balaban J connectivity index is 2.30. The number of hydrogen-bond donors (Lipinski definition) is 1. The summed E-state index contributed by atoms with van der Waals surface area (Å²) >= 11 is 3.01. The van der Waals surface area contributed by atoms with Gasteiger partial charge in [0.2, 0.25) is 0 Å². The largest absolute Gasteiger partial charge is 0.366 e. The second-order valence-electron chi connectivity index (χ2n) is 5.19. The van der Waals surface area contributed by atoms with E-state index in [-0.39, 0.29) is 16.3 Å². The monoisotopic (exact) mass is 332 g/mol. The van der Waals surface area contributed by atoms with E-state index in [1.165, 1.54) is 12.1 Å². The highest BCUT2D eigenvalue weighted by Crippen LogP contribution is 2.32. The van der Waals surface area contributed by atoms with E-state index in [4.69, 9.17) is 0 Å². The van der Waals surface area contributed by atoms with E-state index in [9.17, 15) is 8.78 Å². The van der Waals surface area contributed by atoms with Crippen LogP contribution < -0.4 is 10.2 Å². The molecule has 0 aliphatic carbocycles. The van der Waals surface area contributed by atoms with Crippen LogP contribution in [0.4, 0.5) is 14.5 Å². The SMILES string of the molecule is CNC1CCN(c2cc(F)c(Br)cc2F)C(C)C1C. The summed E-state index contributed by atoms with van der Waals surface area (Å²) in [5.74, 6) is -0.424. The molecular formula is C14H19BrF2N2. The quantitative estimate of drug-likeness (QED) is 0.833. The minimum absolute atomic E-state index is 0.166. The number of nitrogens with one attached hydrogen (secondary N) is 1. The van der Waals surface area contributed by atoms with Gasteiger partial charge in [0.1, 0.15) is 11.6 Å². The van der Waals surface area contributed by atoms with Gasteiger partial charge in [0, 0.05) is 24.7 Å². The summed E-state index contributed by atoms with van der Waals surface area (Å²) in [4.78, 5) is 1.96. The van der Waals surface area contributed by atoms with E-state index in [1.54, 1.807) is 0 Å². The maximum absolute atomic E-state index is 14.0. The minimum atomic E-state index is -0.424. The van der Waals surface area contributed by atoms with Gasteiger partial charge >= 0.3 is 0 Å². The van der Waals surface area contributed by atoms with Crippen molar-refractivity contribution in [3.05, 3.63) is 28.2 Å². The van der Waals surface area contributed by atoms with Gasteiger partial charge in [-0.05, 0) is 48.3 Å². The zero-order chi connectivity index (χ0) is 14.2. The molecule has 3 unspecified atom stereocenters. The molecule has 1 fully saturated rings. The normalized spacial score (nSPS) is 27.7. The van der Waals surface area contributed by atoms with E-state index >= 15 is 0 Å². The zero-order valence-corrected chi connectivity index (χ0v) is 13.0. The van der Waals surface area contributed by atoms with Crippen LogP contribution in [-0.4, -0.2) is 25.7 Å². The molecule has 1 heterocycles. The maximum atomic E-state index is 14.0. The van der Waals surface area contributed by atoms with Crippen LogP contribution in [0.2, 0.25) is 0 Å². The highest BCUT2D eigenvalue weighted by Gasteiger charge is 2.33. The highest BCUT2D eigenvalue weighted by atomic mass is 79.9. The van der Waals surface area contributed by atoms with E-state index in [0.717, 1.165) is 13.0 Å². The summed E-state index contributed by atoms with van der Waals surface area (Å²) in [6, 6.07) is 3.07. The first kappa shape index (κ1) is 14.7. The molecule has 0 aromatic heterocycles. The van der Waals surface area contributed by atoms with Gasteiger partial charge in [-0.1, -0.05) is 6.92 Å². The van der Waals surface area contributed by atoms with Crippen LogP contribution >= 0.6 is 15.9 Å². The van der Waals surface area contributed by atoms with Gasteiger partial charge in [0.05, 0.1) is 10.2 Å². The molecule has 0 saturated carbocycles. The van der Waals surface area contributed by atoms with Crippen molar-refractivity contribution in [3.8, 4) is 0 Å². The minimum Gasteiger partial charge on any atom is -0.366 e. The fourth-order valence-electron chi connectivity index (χ4n) is 2.84. The lowest BCUT2D eigenvalue weighted by atomic mass is 9.86. The molecule has 0 amide bonds. The van der Waals surface area contributed by atoms with Crippen molar-refractivity contribution in [1.82, 2.24) is 5.32 Å². The molecule has 1 saturated heterocycles. The molecule has 0 radical (unpaired) electrons. The van der Waals surface area contributed by atoms with Crippen molar-refractivity contribution in [2.24, 2.45) is 5.92 Å². The predicted molar refractivity (Wildman–Crippen MR) is 77.5 cm³/mol. The van der Waals surface area contributed by atoms with Crippen LogP contribution in [0.5, 0.6) is 0 Å². The predicted octanol–water partition coefficient (Wildman–Crippen LogP) is 3.55. The van der Waals surface area contributed by atoms with Crippen molar-refractivity contribution in [2.45, 2.75) is 32.4 Å². The maximum Gasteiger partial charge on any atom is 0.147 e. The number of nitrogens with zero attached hydrogens (tertiary/aromatic N) is 1. The summed E-state index contributed by atoms with van der Waals surface area (Å²) < 4.78 is 27.8. The van der Waals surface area contributed by atoms with Crippen LogP contribution in [-0.2, 0) is 0 Å². The van der Waals surface area contributed by atoms with Crippen LogP contribution in [0.3, 0.4) is 0 Å². The molecule has 2 nitrogen and oxygen atoms in total. The first-order valence-electron chi connectivity index (χ1n) is 6.54. The second-order valence-corrected chi connectivity index (χ2v) is 6.05. The summed E-state index contributed by atoms with van der Waals surface area (Å²) in [6.07, 6.45) is 0.930. The lowest BCUT2D eigenvalue weighted by Crippen LogP contribution is -2.53. The van der Waals surface area contributed by atoms with E-state index in [1.807, 2.05) is 11.9 Å². The van der Waals surface area contributed by atoms with Crippen LogP contribution in [0.25, 0.3) is 0 Å². The van der Waals surface area contributed by atoms with Crippen LogP contribution in [0, 0.1) is 17.6 Å². The molecule has 3 atom stereocenters. The third kappa shape index (κ3) is 2.77. The van der Waals surface area contributed by atoms with E-state index < -0.39 is 5.82 Å². The Morgan fingerprint density at radius 3 is 2.58 bits per heavy atom. The Labute approximate surface area is 121 Å². The molecule has 5 heteroatoms. The van der Waals surface area contributed by atoms with Crippen molar-refractivity contribution in [1.29, 1.82) is 0 Å². The summed E-state index contributed by atoms with van der Waals surface area (Å²) in [5, 5.41) is 3.29. The first-order valence-corrected chi connectivity index (χ1v) is 7.33. The summed E-state index contributed by atoms with van der Waals surface area (Å²) in [5.41, 5.74) is 0.356. The Kier molecular flexibility index (Phi) is 4.46. The van der Waals surface area contributed by atoms with E-state index in [2.05, 4.69) is 35.1 Å². The molecular weight excluding hydrogens is 314 g/mol. The highest BCUT2D eigenvalue weighted by molar-refractivity contribution is 9.10. The summed E-state index contributed by atoms with van der Waals surface area (Å²) in [6.45, 7) is 4.94. The van der Waals surface area contributed by atoms with Crippen LogP contribution in [0.15, 0.2) is 16.6 Å². The van der Waals surface area contributed by atoms with Crippen LogP contribution in [0.1, 0.15) is 20.3 Å². The third-order valence-corrected chi connectivity index (χ3v) is 4.85. The topological polar surface area (TPSA) is 15.3 Å². The van der Waals surface area contributed by atoms with Crippen molar-refractivity contribution < 1.29 is 8.78 Å². The lowest BCUT2D eigenvalue weighted by Gasteiger charge is -2.44. The number of hydrogen-bond acceptors (Lipinski definition) is 2. The van der Waals surface area contributed by atoms with Gasteiger partial charge in [-0.25, -0.2) is 8.78 Å². The number of piperidine rings is 1. The standard InChI is InChI=1S/C14H19BrF2N2/c1-8-9(2)19(5-4-13(8)18-3)14-7-11(16)10(15)6-12(14)17/h6-9,13,18H,4-5H2,1-3H3. The number of halogens is 3. The number of anilines is 1. The van der Waals surface area contributed by atoms with E-state index in [0.29, 0.717) is 17.6 Å².